The van der Waals surface area contributed by atoms with Gasteiger partial charge in [0.2, 0.25) is 0 Å². The molecule has 4 rings (SSSR count). The van der Waals surface area contributed by atoms with Crippen molar-refractivity contribution >= 4 is 34.3 Å². The number of ether oxygens (including phenoxy) is 1. The minimum atomic E-state index is -0.332. The number of carbonyl (C=O) groups is 1. The van der Waals surface area contributed by atoms with Crippen molar-refractivity contribution in [3.8, 4) is 0 Å². The van der Waals surface area contributed by atoms with Crippen molar-refractivity contribution in [3.63, 3.8) is 0 Å². The van der Waals surface area contributed by atoms with Crippen molar-refractivity contribution in [1.29, 1.82) is 0 Å². The Bertz CT molecular complexity index is 978. The van der Waals surface area contributed by atoms with Crippen LogP contribution in [-0.4, -0.2) is 24.2 Å². The van der Waals surface area contributed by atoms with E-state index in [9.17, 15) is 4.79 Å². The Morgan fingerprint density at radius 1 is 1.08 bits per heavy atom. The molecule has 0 saturated heterocycles. The Hall–Kier alpha value is -3.14. The van der Waals surface area contributed by atoms with Gasteiger partial charge in [-0.3, -0.25) is 4.90 Å². The summed E-state index contributed by atoms with van der Waals surface area (Å²) in [7, 11) is 0. The first kappa shape index (κ1) is 15.4. The topological polar surface area (TPSA) is 42.4 Å². The number of anilines is 1. The van der Waals surface area contributed by atoms with Crippen LogP contribution in [0.4, 0.5) is 10.5 Å². The van der Waals surface area contributed by atoms with Gasteiger partial charge in [-0.05, 0) is 42.3 Å². The van der Waals surface area contributed by atoms with E-state index in [4.69, 9.17) is 9.72 Å². The molecule has 1 aliphatic rings. The molecule has 25 heavy (non-hydrogen) atoms. The Balaban J connectivity index is 1.79. The quantitative estimate of drug-likeness (QED) is 0.681. The van der Waals surface area contributed by atoms with Gasteiger partial charge >= 0.3 is 6.09 Å². The zero-order valence-electron chi connectivity index (χ0n) is 14.0. The zero-order valence-corrected chi connectivity index (χ0v) is 14.0. The summed E-state index contributed by atoms with van der Waals surface area (Å²) >= 11 is 0. The average molecular weight is 330 g/mol. The van der Waals surface area contributed by atoms with Crippen molar-refractivity contribution in [2.45, 2.75) is 6.92 Å². The van der Waals surface area contributed by atoms with Crippen LogP contribution >= 0.6 is 0 Å². The average Bonchev–Trinajstić information content (AvgIpc) is 2.67. The Labute approximate surface area is 146 Å². The van der Waals surface area contributed by atoms with Gasteiger partial charge in [-0.2, -0.15) is 0 Å². The predicted molar refractivity (Wildman–Crippen MR) is 100 cm³/mol. The van der Waals surface area contributed by atoms with E-state index in [1.165, 1.54) is 0 Å². The van der Waals surface area contributed by atoms with Gasteiger partial charge in [-0.1, -0.05) is 42.5 Å². The van der Waals surface area contributed by atoms with Crippen LogP contribution in [0.3, 0.4) is 0 Å². The normalized spacial score (nSPS) is 13.3. The number of nitrogens with zero attached hydrogens (tertiary/aromatic N) is 2. The van der Waals surface area contributed by atoms with E-state index in [-0.39, 0.29) is 6.09 Å². The van der Waals surface area contributed by atoms with Crippen molar-refractivity contribution in [3.05, 3.63) is 71.9 Å². The molecule has 4 heteroatoms. The van der Waals surface area contributed by atoms with Gasteiger partial charge in [0.1, 0.15) is 0 Å². The van der Waals surface area contributed by atoms with Gasteiger partial charge in [0, 0.05) is 5.39 Å². The lowest BCUT2D eigenvalue weighted by molar-refractivity contribution is 0.160. The standard InChI is InChI=1S/C21H18N2O2/c1-2-25-21(24)23-14-17(13-16-8-4-6-10-20(16)23)19-12-11-15-7-3-5-9-18(15)22-19/h3-13H,2,14H2,1H3. The predicted octanol–water partition coefficient (Wildman–Crippen LogP) is 4.75. The largest absolute Gasteiger partial charge is 0.449 e. The van der Waals surface area contributed by atoms with E-state index in [0.29, 0.717) is 13.2 Å². The summed E-state index contributed by atoms with van der Waals surface area (Å²) in [5.41, 5.74) is 4.68. The molecule has 1 aromatic heterocycles. The van der Waals surface area contributed by atoms with E-state index in [2.05, 4.69) is 12.1 Å². The number of hydrogen-bond acceptors (Lipinski definition) is 3. The van der Waals surface area contributed by atoms with Gasteiger partial charge in [0.25, 0.3) is 0 Å². The Kier molecular flexibility index (Phi) is 3.94. The van der Waals surface area contributed by atoms with Gasteiger partial charge in [-0.25, -0.2) is 9.78 Å². The number of hydrogen-bond donors (Lipinski definition) is 0. The minimum Gasteiger partial charge on any atom is -0.449 e. The molecule has 0 aliphatic carbocycles. The number of amides is 1. The molecule has 0 radical (unpaired) electrons. The monoisotopic (exact) mass is 330 g/mol. The van der Waals surface area contributed by atoms with Crippen molar-refractivity contribution < 1.29 is 9.53 Å². The molecule has 0 spiro atoms. The third kappa shape index (κ3) is 2.87. The fourth-order valence-corrected chi connectivity index (χ4v) is 3.11. The van der Waals surface area contributed by atoms with Crippen LogP contribution in [0.25, 0.3) is 22.6 Å². The smallest absolute Gasteiger partial charge is 0.414 e. The molecule has 124 valence electrons. The molecule has 1 aliphatic heterocycles. The fraction of sp³-hybridized carbons (Fsp3) is 0.143. The van der Waals surface area contributed by atoms with E-state index < -0.39 is 0 Å². The second-order valence-corrected chi connectivity index (χ2v) is 5.90. The molecule has 0 fully saturated rings. The number of rotatable bonds is 2. The number of para-hydroxylation sites is 2. The van der Waals surface area contributed by atoms with Gasteiger partial charge in [0.15, 0.2) is 0 Å². The van der Waals surface area contributed by atoms with E-state index in [0.717, 1.165) is 33.4 Å². The lowest BCUT2D eigenvalue weighted by Gasteiger charge is -2.28. The highest BCUT2D eigenvalue weighted by molar-refractivity contribution is 6.00. The van der Waals surface area contributed by atoms with Gasteiger partial charge in [-0.15, -0.1) is 0 Å². The fourth-order valence-electron chi connectivity index (χ4n) is 3.11. The SMILES string of the molecule is CCOC(=O)N1CC(c2ccc3ccccc3n2)=Cc2ccccc21. The van der Waals surface area contributed by atoms with Crippen LogP contribution in [-0.2, 0) is 4.74 Å². The molecule has 0 atom stereocenters. The molecule has 0 unspecified atom stereocenters. The van der Waals surface area contributed by atoms with Crippen LogP contribution in [0.5, 0.6) is 0 Å². The van der Waals surface area contributed by atoms with Crippen molar-refractivity contribution in [1.82, 2.24) is 4.98 Å². The summed E-state index contributed by atoms with van der Waals surface area (Å²) in [5, 5.41) is 1.10. The third-order valence-corrected chi connectivity index (χ3v) is 4.30. The van der Waals surface area contributed by atoms with Crippen LogP contribution in [0.15, 0.2) is 60.7 Å². The number of fused-ring (bicyclic) bond motifs is 2. The molecular formula is C21H18N2O2. The van der Waals surface area contributed by atoms with Crippen molar-refractivity contribution in [2.75, 3.05) is 18.1 Å². The van der Waals surface area contributed by atoms with Gasteiger partial charge < -0.3 is 4.74 Å². The van der Waals surface area contributed by atoms with Crippen LogP contribution in [0.2, 0.25) is 0 Å². The molecule has 0 N–H and O–H groups in total. The number of benzene rings is 2. The molecule has 0 saturated carbocycles. The summed E-state index contributed by atoms with van der Waals surface area (Å²) < 4.78 is 5.23. The molecule has 2 aromatic carbocycles. The number of aromatic nitrogens is 1. The van der Waals surface area contributed by atoms with E-state index in [1.807, 2.05) is 61.5 Å². The van der Waals surface area contributed by atoms with E-state index in [1.54, 1.807) is 4.90 Å². The molecule has 0 bridgehead atoms. The summed E-state index contributed by atoms with van der Waals surface area (Å²) in [6, 6.07) is 19.9. The second-order valence-electron chi connectivity index (χ2n) is 5.90. The lowest BCUT2D eigenvalue weighted by Crippen LogP contribution is -2.35. The highest BCUT2D eigenvalue weighted by Crippen LogP contribution is 2.33. The summed E-state index contributed by atoms with van der Waals surface area (Å²) in [4.78, 5) is 18.8. The number of pyridine rings is 1. The van der Waals surface area contributed by atoms with Crippen molar-refractivity contribution in [2.24, 2.45) is 0 Å². The first-order valence-electron chi connectivity index (χ1n) is 8.36. The summed E-state index contributed by atoms with van der Waals surface area (Å²) in [6.07, 6.45) is 1.77. The minimum absolute atomic E-state index is 0.332. The molecule has 3 aromatic rings. The molecule has 4 nitrogen and oxygen atoms in total. The summed E-state index contributed by atoms with van der Waals surface area (Å²) in [6.45, 7) is 2.61. The molecule has 2 heterocycles. The van der Waals surface area contributed by atoms with Crippen LogP contribution in [0.1, 0.15) is 18.2 Å². The van der Waals surface area contributed by atoms with E-state index >= 15 is 0 Å². The maximum Gasteiger partial charge on any atom is 0.414 e. The maximum atomic E-state index is 12.4. The van der Waals surface area contributed by atoms with Crippen LogP contribution < -0.4 is 4.90 Å². The Morgan fingerprint density at radius 3 is 2.76 bits per heavy atom. The Morgan fingerprint density at radius 2 is 1.88 bits per heavy atom. The third-order valence-electron chi connectivity index (χ3n) is 4.30. The highest BCUT2D eigenvalue weighted by Gasteiger charge is 2.25. The first-order chi connectivity index (χ1) is 12.3. The highest BCUT2D eigenvalue weighted by atomic mass is 16.6. The van der Waals surface area contributed by atoms with Gasteiger partial charge in [0.05, 0.1) is 30.0 Å². The maximum absolute atomic E-state index is 12.4. The molecular weight excluding hydrogens is 312 g/mol. The zero-order chi connectivity index (χ0) is 17.2. The molecule has 1 amide bonds. The number of carbonyl (C=O) groups excluding carboxylic acids is 1. The first-order valence-corrected chi connectivity index (χ1v) is 8.36. The lowest BCUT2D eigenvalue weighted by atomic mass is 10.00. The summed E-state index contributed by atoms with van der Waals surface area (Å²) in [5.74, 6) is 0. The van der Waals surface area contributed by atoms with Crippen LogP contribution in [0, 0.1) is 0 Å². The second kappa shape index (κ2) is 6.40.